The zero-order valence-corrected chi connectivity index (χ0v) is 16.9. The van der Waals surface area contributed by atoms with E-state index in [1.165, 1.54) is 12.1 Å². The third kappa shape index (κ3) is 5.51. The minimum absolute atomic E-state index is 0.0347. The highest BCUT2D eigenvalue weighted by Crippen LogP contribution is 2.23. The summed E-state index contributed by atoms with van der Waals surface area (Å²) in [5.41, 5.74) is 2.49. The molecule has 0 radical (unpaired) electrons. The monoisotopic (exact) mass is 407 g/mol. The first kappa shape index (κ1) is 21.2. The molecular formula is C22H25N5O3. The average Bonchev–Trinajstić information content (AvgIpc) is 2.76. The molecule has 0 spiro atoms. The van der Waals surface area contributed by atoms with Crippen LogP contribution in [-0.2, 0) is 6.54 Å². The molecule has 0 fully saturated rings. The van der Waals surface area contributed by atoms with Crippen molar-refractivity contribution in [3.8, 4) is 11.3 Å². The molecule has 8 heteroatoms. The zero-order chi connectivity index (χ0) is 21.5. The summed E-state index contributed by atoms with van der Waals surface area (Å²) in [6.45, 7) is 4.36. The van der Waals surface area contributed by atoms with E-state index in [1.807, 2.05) is 56.3 Å². The number of aliphatic hydroxyl groups is 1. The summed E-state index contributed by atoms with van der Waals surface area (Å²) in [5, 5.41) is 27.1. The van der Waals surface area contributed by atoms with Gasteiger partial charge in [0.1, 0.15) is 5.82 Å². The largest absolute Gasteiger partial charge is 0.394 e. The molecule has 3 aromatic rings. The van der Waals surface area contributed by atoms with Crippen LogP contribution in [0.25, 0.3) is 11.3 Å². The van der Waals surface area contributed by atoms with E-state index in [4.69, 9.17) is 0 Å². The van der Waals surface area contributed by atoms with Crippen LogP contribution in [0.3, 0.4) is 0 Å². The van der Waals surface area contributed by atoms with Crippen LogP contribution in [0, 0.1) is 16.0 Å². The van der Waals surface area contributed by atoms with Crippen molar-refractivity contribution in [3.05, 3.63) is 76.3 Å². The van der Waals surface area contributed by atoms with E-state index in [0.29, 0.717) is 18.3 Å². The first-order valence-corrected chi connectivity index (χ1v) is 9.75. The average molecular weight is 407 g/mol. The maximum absolute atomic E-state index is 11.0. The van der Waals surface area contributed by atoms with Gasteiger partial charge in [0.05, 0.1) is 23.3 Å². The highest BCUT2D eigenvalue weighted by Gasteiger charge is 2.15. The smallest absolute Gasteiger partial charge is 0.269 e. The lowest BCUT2D eigenvalue weighted by molar-refractivity contribution is -0.384. The van der Waals surface area contributed by atoms with Crippen LogP contribution in [0.1, 0.15) is 19.4 Å². The number of rotatable bonds is 9. The van der Waals surface area contributed by atoms with Crippen LogP contribution in [0.2, 0.25) is 0 Å². The molecule has 0 amide bonds. The normalized spacial score (nSPS) is 11.9. The molecular weight excluding hydrogens is 382 g/mol. The molecule has 0 aliphatic rings. The molecule has 3 N–H and O–H groups in total. The fourth-order valence-electron chi connectivity index (χ4n) is 2.92. The van der Waals surface area contributed by atoms with Crippen LogP contribution in [-0.4, -0.2) is 32.6 Å². The Labute approximate surface area is 175 Å². The van der Waals surface area contributed by atoms with E-state index < -0.39 is 4.92 Å². The summed E-state index contributed by atoms with van der Waals surface area (Å²) in [6, 6.07) is 17.9. The van der Waals surface area contributed by atoms with E-state index in [9.17, 15) is 15.2 Å². The van der Waals surface area contributed by atoms with E-state index >= 15 is 0 Å². The van der Waals surface area contributed by atoms with Crippen LogP contribution in [0.4, 0.5) is 17.5 Å². The summed E-state index contributed by atoms with van der Waals surface area (Å²) in [5.74, 6) is 1.18. The van der Waals surface area contributed by atoms with Crippen LogP contribution < -0.4 is 10.6 Å². The maximum Gasteiger partial charge on any atom is 0.269 e. The molecule has 0 aliphatic carbocycles. The van der Waals surface area contributed by atoms with Gasteiger partial charge in [-0.2, -0.15) is 4.98 Å². The molecule has 30 heavy (non-hydrogen) atoms. The maximum atomic E-state index is 11.0. The van der Waals surface area contributed by atoms with Gasteiger partial charge in [0.25, 0.3) is 5.69 Å². The Morgan fingerprint density at radius 1 is 1.07 bits per heavy atom. The van der Waals surface area contributed by atoms with Gasteiger partial charge in [-0.3, -0.25) is 10.1 Å². The van der Waals surface area contributed by atoms with E-state index in [-0.39, 0.29) is 24.3 Å². The molecule has 1 heterocycles. The quantitative estimate of drug-likeness (QED) is 0.362. The second-order valence-electron chi connectivity index (χ2n) is 7.29. The number of hydrogen-bond acceptors (Lipinski definition) is 7. The molecule has 8 nitrogen and oxygen atoms in total. The van der Waals surface area contributed by atoms with Crippen molar-refractivity contribution in [1.29, 1.82) is 0 Å². The molecule has 1 atom stereocenters. The Bertz CT molecular complexity index is 995. The number of benzene rings is 2. The summed E-state index contributed by atoms with van der Waals surface area (Å²) >= 11 is 0. The summed E-state index contributed by atoms with van der Waals surface area (Å²) < 4.78 is 0. The summed E-state index contributed by atoms with van der Waals surface area (Å²) in [7, 11) is 0. The lowest BCUT2D eigenvalue weighted by Crippen LogP contribution is -2.30. The van der Waals surface area contributed by atoms with Crippen molar-refractivity contribution in [3.63, 3.8) is 0 Å². The van der Waals surface area contributed by atoms with Crippen LogP contribution in [0.5, 0.6) is 0 Å². The van der Waals surface area contributed by atoms with Crippen molar-refractivity contribution in [2.24, 2.45) is 5.92 Å². The van der Waals surface area contributed by atoms with Gasteiger partial charge in [0.2, 0.25) is 5.95 Å². The molecule has 2 aromatic carbocycles. The molecule has 156 valence electrons. The number of nitro groups is 1. The van der Waals surface area contributed by atoms with Crippen molar-refractivity contribution in [2.75, 3.05) is 17.2 Å². The number of nitrogens with one attached hydrogen (secondary N) is 2. The number of non-ortho nitro benzene ring substituents is 1. The molecule has 0 bridgehead atoms. The van der Waals surface area contributed by atoms with E-state index in [0.717, 1.165) is 16.8 Å². The Morgan fingerprint density at radius 3 is 2.50 bits per heavy atom. The SMILES string of the molecule is CC(C)[C@H](CO)Nc1nc(NCc2cccc([N+](=O)[O-])c2)cc(-c2ccccc2)n1. The first-order valence-electron chi connectivity index (χ1n) is 9.75. The van der Waals surface area contributed by atoms with Crippen LogP contribution in [0.15, 0.2) is 60.7 Å². The van der Waals surface area contributed by atoms with Crippen molar-refractivity contribution in [1.82, 2.24) is 9.97 Å². The molecule has 0 unspecified atom stereocenters. The zero-order valence-electron chi connectivity index (χ0n) is 16.9. The minimum atomic E-state index is -0.412. The second kappa shape index (κ2) is 9.80. The lowest BCUT2D eigenvalue weighted by atomic mass is 10.1. The Hall–Kier alpha value is -3.52. The third-order valence-corrected chi connectivity index (χ3v) is 4.71. The predicted molar refractivity (Wildman–Crippen MR) is 117 cm³/mol. The van der Waals surface area contributed by atoms with Gasteiger partial charge in [-0.15, -0.1) is 0 Å². The van der Waals surface area contributed by atoms with Crippen LogP contribution >= 0.6 is 0 Å². The van der Waals surface area contributed by atoms with Gasteiger partial charge in [0, 0.05) is 30.3 Å². The van der Waals surface area contributed by atoms with E-state index in [1.54, 1.807) is 6.07 Å². The van der Waals surface area contributed by atoms with Crippen molar-refractivity contribution < 1.29 is 10.0 Å². The van der Waals surface area contributed by atoms with E-state index in [2.05, 4.69) is 20.6 Å². The fraction of sp³-hybridized carbons (Fsp3) is 0.273. The number of nitrogens with zero attached hydrogens (tertiary/aromatic N) is 3. The van der Waals surface area contributed by atoms with Gasteiger partial charge in [-0.25, -0.2) is 4.98 Å². The first-order chi connectivity index (χ1) is 14.5. The second-order valence-corrected chi connectivity index (χ2v) is 7.29. The summed E-state index contributed by atoms with van der Waals surface area (Å²) in [4.78, 5) is 19.7. The Morgan fingerprint density at radius 2 is 1.83 bits per heavy atom. The predicted octanol–water partition coefficient (Wildman–Crippen LogP) is 4.09. The fourth-order valence-corrected chi connectivity index (χ4v) is 2.92. The van der Waals surface area contributed by atoms with Gasteiger partial charge < -0.3 is 15.7 Å². The van der Waals surface area contributed by atoms with Gasteiger partial charge in [-0.1, -0.05) is 56.3 Å². The number of hydrogen-bond donors (Lipinski definition) is 3. The number of aromatic nitrogens is 2. The molecule has 0 saturated carbocycles. The topological polar surface area (TPSA) is 113 Å². The van der Waals surface area contributed by atoms with Crippen molar-refractivity contribution >= 4 is 17.5 Å². The van der Waals surface area contributed by atoms with Gasteiger partial charge >= 0.3 is 0 Å². The summed E-state index contributed by atoms with van der Waals surface area (Å²) in [6.07, 6.45) is 0. The molecule has 0 aliphatic heterocycles. The highest BCUT2D eigenvalue weighted by atomic mass is 16.6. The molecule has 0 saturated heterocycles. The highest BCUT2D eigenvalue weighted by molar-refractivity contribution is 5.64. The Kier molecular flexibility index (Phi) is 6.92. The van der Waals surface area contributed by atoms with Gasteiger partial charge in [-0.05, 0) is 11.5 Å². The Balaban J connectivity index is 1.87. The lowest BCUT2D eigenvalue weighted by Gasteiger charge is -2.20. The standard InChI is InChI=1S/C22H25N5O3/c1-15(2)20(14-28)25-22-24-19(17-8-4-3-5-9-17)12-21(26-22)23-13-16-7-6-10-18(11-16)27(29)30/h3-12,15,20,28H,13-14H2,1-2H3,(H2,23,24,25,26)/t20-/m0/s1. The van der Waals surface area contributed by atoms with Gasteiger partial charge in [0.15, 0.2) is 0 Å². The number of nitro benzene ring substituents is 1. The number of anilines is 2. The number of aliphatic hydroxyl groups excluding tert-OH is 1. The minimum Gasteiger partial charge on any atom is -0.394 e. The van der Waals surface area contributed by atoms with Crippen molar-refractivity contribution in [2.45, 2.75) is 26.4 Å². The third-order valence-electron chi connectivity index (χ3n) is 4.71. The molecule has 3 rings (SSSR count). The molecule has 1 aromatic heterocycles.